The molecule has 3 aromatic carbocycles. The van der Waals surface area contributed by atoms with Gasteiger partial charge in [0.15, 0.2) is 0 Å². The summed E-state index contributed by atoms with van der Waals surface area (Å²) in [6, 6.07) is 8.65. The Labute approximate surface area is 544 Å². The van der Waals surface area contributed by atoms with Crippen molar-refractivity contribution >= 4 is 35.4 Å². The van der Waals surface area contributed by atoms with Crippen LogP contribution in [-0.4, -0.2) is 152 Å². The molecule has 3 saturated carbocycles. The van der Waals surface area contributed by atoms with Crippen molar-refractivity contribution in [1.29, 1.82) is 0 Å². The number of carbonyl (C=O) groups is 6. The molecule has 0 spiro atoms. The molecule has 23 heteroatoms. The summed E-state index contributed by atoms with van der Waals surface area (Å²) in [5, 5.41) is 22.4. The van der Waals surface area contributed by atoms with Gasteiger partial charge in [0.25, 0.3) is 35.4 Å². The zero-order valence-electron chi connectivity index (χ0n) is 54.8. The van der Waals surface area contributed by atoms with Gasteiger partial charge in [0, 0.05) is 54.5 Å². The van der Waals surface area contributed by atoms with Gasteiger partial charge in [-0.2, -0.15) is 0 Å². The van der Waals surface area contributed by atoms with Crippen LogP contribution in [0.5, 0.6) is 34.5 Å². The number of ether oxygens (including phenoxy) is 6. The second-order valence-electron chi connectivity index (χ2n) is 25.0. The number of nitrogens with one attached hydrogen (secondary N) is 7. The molecule has 7 rings (SSSR count). The molecule has 0 radical (unpaired) electrons. The third-order valence-corrected chi connectivity index (χ3v) is 18.0. The maximum atomic E-state index is 14.4. The van der Waals surface area contributed by atoms with E-state index >= 15 is 0 Å². The van der Waals surface area contributed by atoms with E-state index in [0.29, 0.717) is 127 Å². The van der Waals surface area contributed by atoms with Crippen LogP contribution in [0.1, 0.15) is 236 Å². The summed E-state index contributed by atoms with van der Waals surface area (Å²) in [6.45, 7) is 5.37. The van der Waals surface area contributed by atoms with E-state index < -0.39 is 11.8 Å². The SMILES string of the molecule is COc1cc(OC)c(C(=O)NC2CCC(NC(=O)c3cc(C(=O)NC4CCNCC4)c(OCCCCCN)cc3OCCCCCN)CC2)cc1C(=O)NC1CCC(NC(=O)c2cc(C(=O)NC3CCCCC3)c(OCCCCCN)cc2OCCCCCN)CC1. The number of nitrogens with two attached hydrogens (primary N) is 4. The van der Waals surface area contributed by atoms with E-state index in [1.807, 2.05) is 0 Å². The number of hydrogen-bond donors (Lipinski definition) is 11. The van der Waals surface area contributed by atoms with Crippen molar-refractivity contribution in [3.63, 3.8) is 0 Å². The summed E-state index contributed by atoms with van der Waals surface area (Å²) in [5.74, 6) is -0.346. The first kappa shape index (κ1) is 72.5. The highest BCUT2D eigenvalue weighted by molar-refractivity contribution is 6.05. The molecule has 0 aromatic heterocycles. The van der Waals surface area contributed by atoms with E-state index in [0.717, 1.165) is 135 Å². The summed E-state index contributed by atoms with van der Waals surface area (Å²) in [6.07, 6.45) is 21.0. The first-order valence-electron chi connectivity index (χ1n) is 34.4. The molecule has 1 saturated heterocycles. The number of hydrogen-bond acceptors (Lipinski definition) is 17. The fourth-order valence-corrected chi connectivity index (χ4v) is 12.5. The van der Waals surface area contributed by atoms with Crippen LogP contribution in [0.25, 0.3) is 0 Å². The van der Waals surface area contributed by atoms with E-state index in [2.05, 4.69) is 37.2 Å². The predicted molar refractivity (Wildman–Crippen MR) is 356 cm³/mol. The van der Waals surface area contributed by atoms with Crippen LogP contribution in [0, 0.1) is 0 Å². The number of rotatable bonds is 38. The Morgan fingerprint density at radius 3 is 0.826 bits per heavy atom. The second kappa shape index (κ2) is 39.6. The molecule has 4 aliphatic rings. The molecule has 510 valence electrons. The average molecular weight is 1280 g/mol. The molecular weight excluding hydrogens is 1170 g/mol. The summed E-state index contributed by atoms with van der Waals surface area (Å²) >= 11 is 0. The van der Waals surface area contributed by atoms with E-state index in [1.54, 1.807) is 24.3 Å². The zero-order chi connectivity index (χ0) is 65.5. The molecule has 1 aliphatic heterocycles. The van der Waals surface area contributed by atoms with E-state index in [1.165, 1.54) is 26.4 Å². The van der Waals surface area contributed by atoms with Crippen molar-refractivity contribution in [1.82, 2.24) is 37.2 Å². The van der Waals surface area contributed by atoms with E-state index in [9.17, 15) is 28.8 Å². The van der Waals surface area contributed by atoms with Gasteiger partial charge in [-0.1, -0.05) is 19.3 Å². The van der Waals surface area contributed by atoms with Crippen LogP contribution in [-0.2, 0) is 0 Å². The Hall–Kier alpha value is -6.92. The van der Waals surface area contributed by atoms with Crippen molar-refractivity contribution in [2.45, 2.75) is 210 Å². The first-order valence-corrected chi connectivity index (χ1v) is 34.4. The summed E-state index contributed by atoms with van der Waals surface area (Å²) in [5.41, 5.74) is 24.3. The Morgan fingerprint density at radius 1 is 0.326 bits per heavy atom. The number of piperidine rings is 1. The predicted octanol–water partition coefficient (Wildman–Crippen LogP) is 7.22. The third kappa shape index (κ3) is 22.7. The molecule has 4 fully saturated rings. The van der Waals surface area contributed by atoms with E-state index in [4.69, 9.17) is 51.4 Å². The highest BCUT2D eigenvalue weighted by Gasteiger charge is 2.32. The lowest BCUT2D eigenvalue weighted by molar-refractivity contribution is 0.0882. The summed E-state index contributed by atoms with van der Waals surface area (Å²) in [4.78, 5) is 85.2. The monoisotopic (exact) mass is 1280 g/mol. The minimum absolute atomic E-state index is 0.0191. The molecule has 0 atom stereocenters. The number of carbonyl (C=O) groups excluding carboxylic acids is 6. The van der Waals surface area contributed by atoms with E-state index in [-0.39, 0.29) is 105 Å². The number of amides is 6. The molecule has 0 bridgehead atoms. The minimum atomic E-state index is -0.426. The van der Waals surface area contributed by atoms with Crippen LogP contribution in [0.15, 0.2) is 36.4 Å². The van der Waals surface area contributed by atoms with Gasteiger partial charge >= 0.3 is 0 Å². The molecule has 1 heterocycles. The fraction of sp³-hybridized carbons (Fsp3) is 0.652. The zero-order valence-corrected chi connectivity index (χ0v) is 54.8. The Kier molecular flexibility index (Phi) is 31.2. The molecule has 92 heavy (non-hydrogen) atoms. The van der Waals surface area contributed by atoms with Gasteiger partial charge in [0.2, 0.25) is 0 Å². The Balaban J connectivity index is 0.971. The van der Waals surface area contributed by atoms with Crippen molar-refractivity contribution in [2.75, 3.05) is 79.9 Å². The lowest BCUT2D eigenvalue weighted by Gasteiger charge is -2.30. The number of methoxy groups -OCH3 is 2. The molecule has 6 amide bonds. The van der Waals surface area contributed by atoms with Crippen molar-refractivity contribution in [3.8, 4) is 34.5 Å². The second-order valence-corrected chi connectivity index (χ2v) is 25.0. The molecule has 3 aromatic rings. The Morgan fingerprint density at radius 2 is 0.565 bits per heavy atom. The maximum Gasteiger partial charge on any atom is 0.255 e. The van der Waals surface area contributed by atoms with Gasteiger partial charge in [0.05, 0.1) is 74.0 Å². The summed E-state index contributed by atoms with van der Waals surface area (Å²) < 4.78 is 36.5. The standard InChI is InChI=1S/C69H107N11O12/c1-87-58-43-59(88-2)53(65(82)77-48-22-26-50(27-23-48)79-68(85)56-42-57(69(86)80-51-28-34-74-35-29-51)63(92-39-17-7-13-33-73)45-62(56)91-38-16-6-12-32-72)40-52(58)64(81)76-47-20-24-49(25-21-47)78-67(84)55-41-54(66(83)75-46-18-8-3-9-19-46)60(89-36-14-4-10-30-70)44-61(55)90-37-15-5-11-31-71/h40-51,74H,3-39,70-73H2,1-2H3,(H,75,83)(H,76,81)(H,77,82)(H,78,84)(H,79,85)(H,80,86). The van der Waals surface area contributed by atoms with Crippen molar-refractivity contribution < 1.29 is 57.2 Å². The van der Waals surface area contributed by atoms with Crippen LogP contribution < -0.4 is 88.6 Å². The molecular formula is C69H107N11O12. The van der Waals surface area contributed by atoms with Crippen molar-refractivity contribution in [3.05, 3.63) is 69.8 Å². The normalized spacial score (nSPS) is 18.6. The van der Waals surface area contributed by atoms with Gasteiger partial charge in [-0.3, -0.25) is 28.8 Å². The fourth-order valence-electron chi connectivity index (χ4n) is 12.5. The van der Waals surface area contributed by atoms with Crippen LogP contribution in [0.2, 0.25) is 0 Å². The van der Waals surface area contributed by atoms with Gasteiger partial charge in [-0.15, -0.1) is 0 Å². The number of unbranched alkanes of at least 4 members (excludes halogenated alkanes) is 8. The van der Waals surface area contributed by atoms with Gasteiger partial charge < -0.3 is 88.6 Å². The van der Waals surface area contributed by atoms with Crippen LogP contribution in [0.4, 0.5) is 0 Å². The first-order chi connectivity index (χ1) is 44.9. The lowest BCUT2D eigenvalue weighted by atomic mass is 9.90. The average Bonchev–Trinajstić information content (AvgIpc) is 0.851. The highest BCUT2D eigenvalue weighted by atomic mass is 16.5. The third-order valence-electron chi connectivity index (χ3n) is 18.0. The van der Waals surface area contributed by atoms with Gasteiger partial charge in [-0.25, -0.2) is 0 Å². The van der Waals surface area contributed by atoms with Crippen LogP contribution in [0.3, 0.4) is 0 Å². The molecule has 23 nitrogen and oxygen atoms in total. The van der Waals surface area contributed by atoms with Crippen LogP contribution >= 0.6 is 0 Å². The largest absolute Gasteiger partial charge is 0.496 e. The number of benzene rings is 3. The molecule has 15 N–H and O–H groups in total. The smallest absolute Gasteiger partial charge is 0.255 e. The topological polar surface area (TPSA) is 346 Å². The Bertz CT molecular complexity index is 2630. The molecule has 3 aliphatic carbocycles. The van der Waals surface area contributed by atoms with Gasteiger partial charge in [-0.05, 0) is 212 Å². The molecule has 0 unspecified atom stereocenters. The lowest BCUT2D eigenvalue weighted by Crippen LogP contribution is -2.44. The van der Waals surface area contributed by atoms with Gasteiger partial charge in [0.1, 0.15) is 34.5 Å². The van der Waals surface area contributed by atoms with Crippen molar-refractivity contribution in [2.24, 2.45) is 22.9 Å². The summed E-state index contributed by atoms with van der Waals surface area (Å²) in [7, 11) is 2.90. The maximum absolute atomic E-state index is 14.4. The quantitative estimate of drug-likeness (QED) is 0.0252. The highest BCUT2D eigenvalue weighted by Crippen LogP contribution is 2.35. The minimum Gasteiger partial charge on any atom is -0.496 e.